The van der Waals surface area contributed by atoms with Gasteiger partial charge in [-0.1, -0.05) is 0 Å². The molecule has 1 atom stereocenters. The molecule has 0 aromatic heterocycles. The Hall–Kier alpha value is -0.730. The molecular formula is C12H22FN3O3S. The van der Waals surface area contributed by atoms with Gasteiger partial charge in [0, 0.05) is 58.2 Å². The predicted octanol–water partition coefficient (Wildman–Crippen LogP) is -0.618. The quantitative estimate of drug-likeness (QED) is 0.634. The predicted molar refractivity (Wildman–Crippen MR) is 73.5 cm³/mol. The summed E-state index contributed by atoms with van der Waals surface area (Å²) in [7, 11) is -2.40. The molecule has 6 nitrogen and oxygen atoms in total. The Morgan fingerprint density at radius 2 is 1.85 bits per heavy atom. The van der Waals surface area contributed by atoms with Gasteiger partial charge in [-0.25, -0.2) is 0 Å². The lowest BCUT2D eigenvalue weighted by Crippen LogP contribution is -2.47. The standard InChI is InChI=1S/C12H22FN3O3S/c1-14-2-4-15(5-3-14)6-7-16-9-11(8-12(16)17)10-20(13,18)19/h11H,2-10H2,1H3. The molecule has 0 bridgehead atoms. The number of amides is 1. The number of carbonyl (C=O) groups excluding carboxylic acids is 1. The molecule has 116 valence electrons. The van der Waals surface area contributed by atoms with Crippen molar-refractivity contribution in [2.45, 2.75) is 6.42 Å². The maximum atomic E-state index is 12.6. The van der Waals surface area contributed by atoms with E-state index in [9.17, 15) is 17.1 Å². The smallest absolute Gasteiger partial charge is 0.302 e. The Balaban J connectivity index is 1.75. The summed E-state index contributed by atoms with van der Waals surface area (Å²) in [5.41, 5.74) is 0. The number of carbonyl (C=O) groups is 1. The van der Waals surface area contributed by atoms with E-state index in [-0.39, 0.29) is 12.3 Å². The fourth-order valence-electron chi connectivity index (χ4n) is 2.80. The molecule has 1 amide bonds. The van der Waals surface area contributed by atoms with E-state index in [1.54, 1.807) is 4.90 Å². The Morgan fingerprint density at radius 1 is 1.20 bits per heavy atom. The highest BCUT2D eigenvalue weighted by Gasteiger charge is 2.32. The highest BCUT2D eigenvalue weighted by atomic mass is 32.3. The molecule has 2 aliphatic heterocycles. The van der Waals surface area contributed by atoms with Crippen molar-refractivity contribution in [1.29, 1.82) is 0 Å². The zero-order chi connectivity index (χ0) is 14.8. The van der Waals surface area contributed by atoms with Gasteiger partial charge < -0.3 is 9.80 Å². The van der Waals surface area contributed by atoms with Crippen LogP contribution in [0.2, 0.25) is 0 Å². The van der Waals surface area contributed by atoms with E-state index in [1.807, 2.05) is 0 Å². The van der Waals surface area contributed by atoms with Crippen molar-refractivity contribution in [1.82, 2.24) is 14.7 Å². The topological polar surface area (TPSA) is 60.9 Å². The van der Waals surface area contributed by atoms with Gasteiger partial charge in [-0.2, -0.15) is 8.42 Å². The van der Waals surface area contributed by atoms with Crippen LogP contribution in [0.15, 0.2) is 0 Å². The third-order valence-electron chi connectivity index (χ3n) is 4.01. The van der Waals surface area contributed by atoms with Gasteiger partial charge in [0.25, 0.3) is 0 Å². The Kier molecular flexibility index (Phi) is 4.98. The van der Waals surface area contributed by atoms with E-state index >= 15 is 0 Å². The Labute approximate surface area is 119 Å². The minimum atomic E-state index is -4.49. The maximum Gasteiger partial charge on any atom is 0.302 e. The van der Waals surface area contributed by atoms with Crippen LogP contribution < -0.4 is 0 Å². The number of rotatable bonds is 5. The van der Waals surface area contributed by atoms with Crippen LogP contribution in [0, 0.1) is 5.92 Å². The molecule has 2 fully saturated rings. The zero-order valence-electron chi connectivity index (χ0n) is 11.8. The molecule has 0 N–H and O–H groups in total. The Bertz CT molecular complexity index is 449. The summed E-state index contributed by atoms with van der Waals surface area (Å²) in [6.07, 6.45) is 0.145. The summed E-state index contributed by atoms with van der Waals surface area (Å²) >= 11 is 0. The van der Waals surface area contributed by atoms with Crippen LogP contribution in [-0.2, 0) is 15.0 Å². The van der Waals surface area contributed by atoms with Gasteiger partial charge in [0.1, 0.15) is 0 Å². The molecule has 1 unspecified atom stereocenters. The molecule has 2 rings (SSSR count). The van der Waals surface area contributed by atoms with Crippen molar-refractivity contribution in [3.8, 4) is 0 Å². The summed E-state index contributed by atoms with van der Waals surface area (Å²) in [4.78, 5) is 18.0. The van der Waals surface area contributed by atoms with Crippen LogP contribution >= 0.6 is 0 Å². The summed E-state index contributed by atoms with van der Waals surface area (Å²) in [6.45, 7) is 5.78. The van der Waals surface area contributed by atoms with Crippen LogP contribution in [0.4, 0.5) is 3.89 Å². The van der Waals surface area contributed by atoms with E-state index in [0.29, 0.717) is 13.1 Å². The molecular weight excluding hydrogens is 285 g/mol. The normalized spacial score (nSPS) is 26.4. The van der Waals surface area contributed by atoms with Gasteiger partial charge in [-0.3, -0.25) is 9.69 Å². The third kappa shape index (κ3) is 4.68. The Morgan fingerprint density at radius 3 is 2.45 bits per heavy atom. The number of hydrogen-bond donors (Lipinski definition) is 0. The molecule has 2 aliphatic rings. The first kappa shape index (κ1) is 15.7. The van der Waals surface area contributed by atoms with Crippen molar-refractivity contribution in [2.24, 2.45) is 5.92 Å². The lowest BCUT2D eigenvalue weighted by Gasteiger charge is -2.33. The number of hydrogen-bond acceptors (Lipinski definition) is 5. The maximum absolute atomic E-state index is 12.6. The van der Waals surface area contributed by atoms with Gasteiger partial charge in [0.05, 0.1) is 5.75 Å². The highest BCUT2D eigenvalue weighted by Crippen LogP contribution is 2.20. The molecule has 2 saturated heterocycles. The van der Waals surface area contributed by atoms with E-state index in [0.717, 1.165) is 32.7 Å². The molecule has 2 heterocycles. The van der Waals surface area contributed by atoms with Crippen molar-refractivity contribution in [3.05, 3.63) is 0 Å². The molecule has 0 saturated carbocycles. The van der Waals surface area contributed by atoms with E-state index in [2.05, 4.69) is 16.8 Å². The second-order valence-corrected chi connectivity index (χ2v) is 7.17. The summed E-state index contributed by atoms with van der Waals surface area (Å²) in [5, 5.41) is 0. The molecule has 20 heavy (non-hydrogen) atoms. The van der Waals surface area contributed by atoms with Crippen LogP contribution in [0.5, 0.6) is 0 Å². The molecule has 0 aliphatic carbocycles. The van der Waals surface area contributed by atoms with Crippen molar-refractivity contribution < 1.29 is 17.1 Å². The van der Waals surface area contributed by atoms with Crippen LogP contribution in [-0.4, -0.2) is 87.6 Å². The van der Waals surface area contributed by atoms with Gasteiger partial charge >= 0.3 is 10.2 Å². The van der Waals surface area contributed by atoms with Crippen LogP contribution in [0.25, 0.3) is 0 Å². The summed E-state index contributed by atoms with van der Waals surface area (Å²) in [5.74, 6) is -0.998. The monoisotopic (exact) mass is 307 g/mol. The third-order valence-corrected chi connectivity index (χ3v) is 4.88. The van der Waals surface area contributed by atoms with Gasteiger partial charge in [0.2, 0.25) is 5.91 Å². The minimum absolute atomic E-state index is 0.0622. The number of likely N-dealkylation sites (tertiary alicyclic amines) is 1. The van der Waals surface area contributed by atoms with Gasteiger partial charge in [-0.15, -0.1) is 3.89 Å². The average Bonchev–Trinajstić information content (AvgIpc) is 2.66. The second kappa shape index (κ2) is 6.36. The molecule has 0 aromatic rings. The first-order valence-electron chi connectivity index (χ1n) is 6.94. The molecule has 0 aromatic carbocycles. The van der Waals surface area contributed by atoms with Crippen molar-refractivity contribution in [2.75, 3.05) is 58.6 Å². The highest BCUT2D eigenvalue weighted by molar-refractivity contribution is 7.86. The SMILES string of the molecule is CN1CCN(CCN2CC(CS(=O)(=O)F)CC2=O)CC1. The van der Waals surface area contributed by atoms with Crippen molar-refractivity contribution >= 4 is 16.1 Å². The number of likely N-dealkylation sites (N-methyl/N-ethyl adjacent to an activating group) is 1. The van der Waals surface area contributed by atoms with Gasteiger partial charge in [0.15, 0.2) is 0 Å². The van der Waals surface area contributed by atoms with Crippen molar-refractivity contribution in [3.63, 3.8) is 0 Å². The first-order chi connectivity index (χ1) is 9.33. The van der Waals surface area contributed by atoms with E-state index in [1.165, 1.54) is 0 Å². The van der Waals surface area contributed by atoms with Crippen LogP contribution in [0.1, 0.15) is 6.42 Å². The number of piperazine rings is 1. The fraction of sp³-hybridized carbons (Fsp3) is 0.917. The molecule has 0 spiro atoms. The minimum Gasteiger partial charge on any atom is -0.341 e. The zero-order valence-corrected chi connectivity index (χ0v) is 12.6. The average molecular weight is 307 g/mol. The summed E-state index contributed by atoms with van der Waals surface area (Å²) in [6, 6.07) is 0. The molecule has 0 radical (unpaired) electrons. The molecule has 8 heteroatoms. The summed E-state index contributed by atoms with van der Waals surface area (Å²) < 4.78 is 33.9. The lowest BCUT2D eigenvalue weighted by molar-refractivity contribution is -0.127. The number of nitrogens with zero attached hydrogens (tertiary/aromatic N) is 3. The van der Waals surface area contributed by atoms with E-state index < -0.39 is 21.9 Å². The lowest BCUT2D eigenvalue weighted by atomic mass is 10.1. The first-order valence-corrected chi connectivity index (χ1v) is 8.50. The largest absolute Gasteiger partial charge is 0.341 e. The van der Waals surface area contributed by atoms with E-state index in [4.69, 9.17) is 0 Å². The second-order valence-electron chi connectivity index (χ2n) is 5.76. The fourth-order valence-corrected chi connectivity index (χ4v) is 3.58. The van der Waals surface area contributed by atoms with Crippen LogP contribution in [0.3, 0.4) is 0 Å². The number of halogens is 1. The van der Waals surface area contributed by atoms with Gasteiger partial charge in [-0.05, 0) is 7.05 Å².